The highest BCUT2D eigenvalue weighted by molar-refractivity contribution is 5.82. The molecule has 0 radical (unpaired) electrons. The number of primary amides is 1. The number of carbonyl (C=O) groups excluding carboxylic acids is 2. The minimum absolute atomic E-state index is 0.104. The zero-order valence-electron chi connectivity index (χ0n) is 8.26. The molecule has 6 heteroatoms. The topological polar surface area (TPSA) is 87.9 Å². The van der Waals surface area contributed by atoms with Crippen molar-refractivity contribution in [3.63, 3.8) is 0 Å². The summed E-state index contributed by atoms with van der Waals surface area (Å²) in [5, 5.41) is 0. The summed E-state index contributed by atoms with van der Waals surface area (Å²) in [6.07, 6.45) is 0.609. The fourth-order valence-corrected chi connectivity index (χ4v) is 1.31. The van der Waals surface area contributed by atoms with E-state index in [0.29, 0.717) is 17.8 Å². The maximum absolute atomic E-state index is 10.8. The molecule has 0 unspecified atom stereocenters. The molecule has 0 spiro atoms. The number of hydrogen-bond donors (Lipinski definition) is 1. The lowest BCUT2D eigenvalue weighted by molar-refractivity contribution is -0.119. The quantitative estimate of drug-likeness (QED) is 0.731. The van der Waals surface area contributed by atoms with E-state index in [9.17, 15) is 9.59 Å². The average Bonchev–Trinajstić information content (AvgIpc) is 2.71. The number of rotatable bonds is 4. The highest BCUT2D eigenvalue weighted by Crippen LogP contribution is 2.37. The third-order valence-electron chi connectivity index (χ3n) is 2.00. The molecule has 0 saturated heterocycles. The molecule has 1 aliphatic heterocycles. The van der Waals surface area contributed by atoms with Gasteiger partial charge in [0.1, 0.15) is 5.75 Å². The van der Waals surface area contributed by atoms with Crippen molar-refractivity contribution in [2.75, 3.05) is 13.4 Å². The Balaban J connectivity index is 2.28. The van der Waals surface area contributed by atoms with E-state index >= 15 is 0 Å². The van der Waals surface area contributed by atoms with E-state index in [0.717, 1.165) is 0 Å². The number of hydrogen-bond acceptors (Lipinski definition) is 5. The summed E-state index contributed by atoms with van der Waals surface area (Å²) >= 11 is 0. The Bertz CT molecular complexity index is 443. The molecule has 2 N–H and O–H groups in total. The first kappa shape index (κ1) is 10.3. The number of fused-ring (bicyclic) bond motifs is 1. The van der Waals surface area contributed by atoms with Crippen LogP contribution in [-0.2, 0) is 4.79 Å². The van der Waals surface area contributed by atoms with Gasteiger partial charge in [-0.3, -0.25) is 9.59 Å². The molecule has 84 valence electrons. The fraction of sp³-hybridized carbons (Fsp3) is 0.200. The molecule has 0 bridgehead atoms. The number of ether oxygens (including phenoxy) is 3. The van der Waals surface area contributed by atoms with Crippen molar-refractivity contribution in [2.45, 2.75) is 0 Å². The molecule has 1 aromatic carbocycles. The van der Waals surface area contributed by atoms with E-state index < -0.39 is 5.91 Å². The second-order valence-corrected chi connectivity index (χ2v) is 3.12. The molecule has 0 saturated carbocycles. The van der Waals surface area contributed by atoms with Crippen LogP contribution in [-0.4, -0.2) is 25.6 Å². The highest BCUT2D eigenvalue weighted by Gasteiger charge is 2.18. The molecule has 16 heavy (non-hydrogen) atoms. The standard InChI is InChI=1S/C10H9NO5/c11-10(13)4-14-7-2-9-8(15-5-16-9)1-6(7)3-12/h1-3H,4-5H2,(H2,11,13). The highest BCUT2D eigenvalue weighted by atomic mass is 16.7. The van der Waals surface area contributed by atoms with Crippen LogP contribution in [0, 0.1) is 0 Å². The van der Waals surface area contributed by atoms with Crippen molar-refractivity contribution in [2.24, 2.45) is 5.73 Å². The third kappa shape index (κ3) is 1.90. The van der Waals surface area contributed by atoms with Crippen molar-refractivity contribution in [1.29, 1.82) is 0 Å². The van der Waals surface area contributed by atoms with Crippen molar-refractivity contribution in [3.05, 3.63) is 17.7 Å². The van der Waals surface area contributed by atoms with Crippen LogP contribution < -0.4 is 19.9 Å². The van der Waals surface area contributed by atoms with Crippen LogP contribution in [0.15, 0.2) is 12.1 Å². The molecule has 6 nitrogen and oxygen atoms in total. The molecule has 1 aliphatic rings. The summed E-state index contributed by atoms with van der Waals surface area (Å²) in [6, 6.07) is 2.99. The van der Waals surface area contributed by atoms with Crippen LogP contribution in [0.4, 0.5) is 0 Å². The SMILES string of the molecule is NC(=O)COc1cc2c(cc1C=O)OCO2. The van der Waals surface area contributed by atoms with Crippen molar-refractivity contribution in [1.82, 2.24) is 0 Å². The predicted octanol–water partition coefficient (Wildman–Crippen LogP) is 0.0919. The van der Waals surface area contributed by atoms with E-state index in [1.54, 1.807) is 0 Å². The summed E-state index contributed by atoms with van der Waals surface area (Å²) in [4.78, 5) is 21.3. The van der Waals surface area contributed by atoms with E-state index in [1.807, 2.05) is 0 Å². The van der Waals surface area contributed by atoms with Crippen LogP contribution in [0.3, 0.4) is 0 Å². The van der Waals surface area contributed by atoms with E-state index in [4.69, 9.17) is 19.9 Å². The largest absolute Gasteiger partial charge is 0.483 e. The zero-order valence-corrected chi connectivity index (χ0v) is 8.26. The van der Waals surface area contributed by atoms with Gasteiger partial charge in [0.2, 0.25) is 6.79 Å². The van der Waals surface area contributed by atoms with Gasteiger partial charge >= 0.3 is 0 Å². The lowest BCUT2D eigenvalue weighted by atomic mass is 10.2. The number of carbonyl (C=O) groups is 2. The minimum atomic E-state index is -0.616. The molecule has 2 rings (SSSR count). The van der Waals surface area contributed by atoms with Crippen LogP contribution in [0.25, 0.3) is 0 Å². The minimum Gasteiger partial charge on any atom is -0.483 e. The van der Waals surface area contributed by atoms with Crippen molar-refractivity contribution in [3.8, 4) is 17.2 Å². The Morgan fingerprint density at radius 2 is 2.12 bits per heavy atom. The van der Waals surface area contributed by atoms with Gasteiger partial charge in [-0.15, -0.1) is 0 Å². The van der Waals surface area contributed by atoms with Gasteiger partial charge in [0.15, 0.2) is 24.4 Å². The van der Waals surface area contributed by atoms with Crippen LogP contribution in [0.1, 0.15) is 10.4 Å². The average molecular weight is 223 g/mol. The molecule has 0 aromatic heterocycles. The molecule has 0 fully saturated rings. The predicted molar refractivity (Wildman–Crippen MR) is 52.6 cm³/mol. The second-order valence-electron chi connectivity index (χ2n) is 3.12. The number of nitrogens with two attached hydrogens (primary N) is 1. The molecule has 1 aromatic rings. The van der Waals surface area contributed by atoms with Gasteiger partial charge in [-0.2, -0.15) is 0 Å². The Morgan fingerprint density at radius 3 is 2.75 bits per heavy atom. The van der Waals surface area contributed by atoms with Crippen molar-refractivity contribution < 1.29 is 23.8 Å². The lowest BCUT2D eigenvalue weighted by Gasteiger charge is -2.07. The van der Waals surface area contributed by atoms with Gasteiger partial charge in [-0.1, -0.05) is 0 Å². The Morgan fingerprint density at radius 1 is 1.44 bits per heavy atom. The Labute approximate surface area is 90.9 Å². The van der Waals surface area contributed by atoms with Gasteiger partial charge in [0, 0.05) is 6.07 Å². The number of amides is 1. The van der Waals surface area contributed by atoms with Crippen LogP contribution >= 0.6 is 0 Å². The van der Waals surface area contributed by atoms with E-state index in [2.05, 4.69) is 0 Å². The zero-order chi connectivity index (χ0) is 11.5. The van der Waals surface area contributed by atoms with Crippen LogP contribution in [0.2, 0.25) is 0 Å². The first-order valence-corrected chi connectivity index (χ1v) is 4.50. The first-order chi connectivity index (χ1) is 7.70. The van der Waals surface area contributed by atoms with E-state index in [-0.39, 0.29) is 24.7 Å². The Kier molecular flexibility index (Phi) is 2.63. The van der Waals surface area contributed by atoms with Gasteiger partial charge in [-0.05, 0) is 6.07 Å². The second kappa shape index (κ2) is 4.09. The number of aldehydes is 1. The number of benzene rings is 1. The molecular formula is C10H9NO5. The van der Waals surface area contributed by atoms with Crippen LogP contribution in [0.5, 0.6) is 17.2 Å². The summed E-state index contributed by atoms with van der Waals surface area (Å²) in [7, 11) is 0. The van der Waals surface area contributed by atoms with Gasteiger partial charge in [0.05, 0.1) is 5.56 Å². The maximum Gasteiger partial charge on any atom is 0.255 e. The summed E-state index contributed by atoms with van der Waals surface area (Å²) in [5.41, 5.74) is 5.22. The normalized spacial score (nSPS) is 12.2. The fourth-order valence-electron chi connectivity index (χ4n) is 1.31. The summed E-state index contributed by atoms with van der Waals surface area (Å²) in [5.74, 6) is 0.589. The van der Waals surface area contributed by atoms with E-state index in [1.165, 1.54) is 12.1 Å². The molecular weight excluding hydrogens is 214 g/mol. The summed E-state index contributed by atoms with van der Waals surface area (Å²) < 4.78 is 15.3. The Hall–Kier alpha value is -2.24. The molecule has 0 atom stereocenters. The third-order valence-corrected chi connectivity index (χ3v) is 2.00. The van der Waals surface area contributed by atoms with Gasteiger partial charge < -0.3 is 19.9 Å². The molecule has 1 heterocycles. The first-order valence-electron chi connectivity index (χ1n) is 4.50. The smallest absolute Gasteiger partial charge is 0.255 e. The monoisotopic (exact) mass is 223 g/mol. The van der Waals surface area contributed by atoms with Gasteiger partial charge in [0.25, 0.3) is 5.91 Å². The lowest BCUT2D eigenvalue weighted by Crippen LogP contribution is -2.20. The maximum atomic E-state index is 10.8. The molecule has 1 amide bonds. The molecule has 0 aliphatic carbocycles. The van der Waals surface area contributed by atoms with Crippen molar-refractivity contribution >= 4 is 12.2 Å². The van der Waals surface area contributed by atoms with Gasteiger partial charge in [-0.25, -0.2) is 0 Å². The summed E-state index contributed by atoms with van der Waals surface area (Å²) in [6.45, 7) is -0.187.